The molecule has 8 heteroatoms. The molecule has 134 valence electrons. The van der Waals surface area contributed by atoms with Gasteiger partial charge in [-0.25, -0.2) is 4.98 Å². The Morgan fingerprint density at radius 2 is 1.85 bits per heavy atom. The Hall–Kier alpha value is -2.71. The standard InChI is InChI=1S/C18H17N3O3S2/c1-3-24-14-6-4-12(5-7-14)16(22)20-21-17(23)15-11(2)19-18(26-15)13-8-9-25-10-13/h4-10H,3H2,1-2H3,(H,20,22)(H,21,23). The van der Waals surface area contributed by atoms with Crippen LogP contribution in [-0.4, -0.2) is 23.4 Å². The first-order chi connectivity index (χ1) is 12.6. The normalized spacial score (nSPS) is 10.4. The molecule has 0 unspecified atom stereocenters. The summed E-state index contributed by atoms with van der Waals surface area (Å²) in [7, 11) is 0. The lowest BCUT2D eigenvalue weighted by molar-refractivity contribution is 0.0848. The van der Waals surface area contributed by atoms with E-state index in [4.69, 9.17) is 4.74 Å². The summed E-state index contributed by atoms with van der Waals surface area (Å²) in [6, 6.07) is 8.65. The summed E-state index contributed by atoms with van der Waals surface area (Å²) in [5.74, 6) is -0.100. The van der Waals surface area contributed by atoms with Gasteiger partial charge < -0.3 is 4.74 Å². The molecule has 0 aliphatic carbocycles. The van der Waals surface area contributed by atoms with Crippen LogP contribution in [-0.2, 0) is 0 Å². The molecule has 3 rings (SSSR count). The quantitative estimate of drug-likeness (QED) is 0.655. The van der Waals surface area contributed by atoms with Crippen LogP contribution >= 0.6 is 22.7 Å². The monoisotopic (exact) mass is 387 g/mol. The Labute approximate surface area is 158 Å². The minimum Gasteiger partial charge on any atom is -0.494 e. The maximum atomic E-state index is 12.4. The van der Waals surface area contributed by atoms with Gasteiger partial charge >= 0.3 is 0 Å². The number of hydrogen-bond acceptors (Lipinski definition) is 6. The van der Waals surface area contributed by atoms with Gasteiger partial charge in [0.1, 0.15) is 15.6 Å². The van der Waals surface area contributed by atoms with Crippen molar-refractivity contribution in [3.05, 3.63) is 57.2 Å². The molecule has 0 aliphatic rings. The Balaban J connectivity index is 1.62. The van der Waals surface area contributed by atoms with E-state index in [0.717, 1.165) is 10.6 Å². The van der Waals surface area contributed by atoms with Crippen LogP contribution in [0.4, 0.5) is 0 Å². The third kappa shape index (κ3) is 4.09. The van der Waals surface area contributed by atoms with Crippen LogP contribution in [0.3, 0.4) is 0 Å². The van der Waals surface area contributed by atoms with Crippen LogP contribution < -0.4 is 15.6 Å². The molecule has 0 radical (unpaired) electrons. The van der Waals surface area contributed by atoms with E-state index in [1.807, 2.05) is 23.8 Å². The largest absolute Gasteiger partial charge is 0.494 e. The third-order valence-electron chi connectivity index (χ3n) is 3.49. The number of hydrazine groups is 1. The molecule has 2 N–H and O–H groups in total. The van der Waals surface area contributed by atoms with E-state index in [0.29, 0.717) is 28.5 Å². The van der Waals surface area contributed by atoms with Crippen molar-refractivity contribution in [2.45, 2.75) is 13.8 Å². The Bertz CT molecular complexity index is 902. The molecule has 3 aromatic rings. The molecular weight excluding hydrogens is 370 g/mol. The van der Waals surface area contributed by atoms with Gasteiger partial charge in [-0.1, -0.05) is 0 Å². The fraction of sp³-hybridized carbons (Fsp3) is 0.167. The third-order valence-corrected chi connectivity index (χ3v) is 5.38. The number of ether oxygens (including phenoxy) is 1. The van der Waals surface area contributed by atoms with E-state index >= 15 is 0 Å². The molecule has 0 aliphatic heterocycles. The zero-order valence-electron chi connectivity index (χ0n) is 14.2. The predicted octanol–water partition coefficient (Wildman–Crippen LogP) is 3.65. The van der Waals surface area contributed by atoms with E-state index < -0.39 is 5.91 Å². The molecule has 0 atom stereocenters. The highest BCUT2D eigenvalue weighted by Gasteiger charge is 2.17. The Morgan fingerprint density at radius 3 is 2.50 bits per heavy atom. The average molecular weight is 387 g/mol. The van der Waals surface area contributed by atoms with Crippen LogP contribution in [0.15, 0.2) is 41.1 Å². The maximum absolute atomic E-state index is 12.4. The van der Waals surface area contributed by atoms with Crippen molar-refractivity contribution < 1.29 is 14.3 Å². The average Bonchev–Trinajstić information content (AvgIpc) is 3.30. The highest BCUT2D eigenvalue weighted by molar-refractivity contribution is 7.17. The van der Waals surface area contributed by atoms with E-state index in [1.165, 1.54) is 11.3 Å². The van der Waals surface area contributed by atoms with Crippen molar-refractivity contribution in [1.29, 1.82) is 0 Å². The fourth-order valence-corrected chi connectivity index (χ4v) is 3.90. The first kappa shape index (κ1) is 18.1. The molecule has 0 fully saturated rings. The number of hydrogen-bond donors (Lipinski definition) is 2. The van der Waals surface area contributed by atoms with Crippen LogP contribution in [0.1, 0.15) is 32.6 Å². The first-order valence-corrected chi connectivity index (χ1v) is 9.68. The molecule has 0 saturated heterocycles. The molecular formula is C18H17N3O3S2. The second kappa shape index (κ2) is 8.11. The number of nitrogens with one attached hydrogen (secondary N) is 2. The summed E-state index contributed by atoms with van der Waals surface area (Å²) in [5.41, 5.74) is 6.90. The smallest absolute Gasteiger partial charge is 0.281 e. The molecule has 0 saturated carbocycles. The number of carbonyl (C=O) groups excluding carboxylic acids is 2. The summed E-state index contributed by atoms with van der Waals surface area (Å²) >= 11 is 2.87. The first-order valence-electron chi connectivity index (χ1n) is 7.92. The molecule has 26 heavy (non-hydrogen) atoms. The van der Waals surface area contributed by atoms with Crippen LogP contribution in [0, 0.1) is 6.92 Å². The highest BCUT2D eigenvalue weighted by atomic mass is 32.1. The van der Waals surface area contributed by atoms with Gasteiger partial charge in [0.2, 0.25) is 0 Å². The van der Waals surface area contributed by atoms with E-state index in [2.05, 4.69) is 15.8 Å². The molecule has 6 nitrogen and oxygen atoms in total. The highest BCUT2D eigenvalue weighted by Crippen LogP contribution is 2.29. The van der Waals surface area contributed by atoms with E-state index in [9.17, 15) is 9.59 Å². The van der Waals surface area contributed by atoms with Gasteiger partial charge in [-0.15, -0.1) is 11.3 Å². The number of amides is 2. The van der Waals surface area contributed by atoms with Crippen molar-refractivity contribution >= 4 is 34.5 Å². The lowest BCUT2D eigenvalue weighted by Gasteiger charge is -2.07. The fourth-order valence-electron chi connectivity index (χ4n) is 2.23. The van der Waals surface area contributed by atoms with Gasteiger partial charge in [0.15, 0.2) is 0 Å². The predicted molar refractivity (Wildman–Crippen MR) is 103 cm³/mol. The minimum atomic E-state index is -0.401. The lowest BCUT2D eigenvalue weighted by atomic mass is 10.2. The van der Waals surface area contributed by atoms with Crippen LogP contribution in [0.2, 0.25) is 0 Å². The second-order valence-electron chi connectivity index (χ2n) is 5.31. The summed E-state index contributed by atoms with van der Waals surface area (Å²) in [5, 5.41) is 4.72. The van der Waals surface area contributed by atoms with Gasteiger partial charge in [-0.3, -0.25) is 20.4 Å². The van der Waals surface area contributed by atoms with Gasteiger partial charge in [0.25, 0.3) is 11.8 Å². The number of thiazole rings is 1. The van der Waals surface area contributed by atoms with Crippen molar-refractivity contribution in [2.24, 2.45) is 0 Å². The molecule has 0 bridgehead atoms. The van der Waals surface area contributed by atoms with Crippen LogP contribution in [0.25, 0.3) is 10.6 Å². The number of nitrogens with zero attached hydrogens (tertiary/aromatic N) is 1. The van der Waals surface area contributed by atoms with Crippen molar-refractivity contribution in [2.75, 3.05) is 6.61 Å². The Morgan fingerprint density at radius 1 is 1.12 bits per heavy atom. The Kier molecular flexibility index (Phi) is 5.65. The van der Waals surface area contributed by atoms with Gasteiger partial charge in [-0.05, 0) is 49.6 Å². The van der Waals surface area contributed by atoms with Gasteiger partial charge in [0.05, 0.1) is 12.3 Å². The van der Waals surface area contributed by atoms with Crippen molar-refractivity contribution in [3.63, 3.8) is 0 Å². The molecule has 1 aromatic carbocycles. The molecule has 0 spiro atoms. The number of benzene rings is 1. The lowest BCUT2D eigenvalue weighted by Crippen LogP contribution is -2.41. The summed E-state index contributed by atoms with van der Waals surface area (Å²) in [6.07, 6.45) is 0. The van der Waals surface area contributed by atoms with Gasteiger partial charge in [-0.2, -0.15) is 11.3 Å². The van der Waals surface area contributed by atoms with Crippen LogP contribution in [0.5, 0.6) is 5.75 Å². The number of aromatic nitrogens is 1. The van der Waals surface area contributed by atoms with E-state index in [-0.39, 0.29) is 5.91 Å². The zero-order chi connectivity index (χ0) is 18.5. The molecule has 2 amide bonds. The van der Waals surface area contributed by atoms with E-state index in [1.54, 1.807) is 42.5 Å². The molecule has 2 heterocycles. The SMILES string of the molecule is CCOc1ccc(C(=O)NNC(=O)c2sc(-c3ccsc3)nc2C)cc1. The number of thiophene rings is 1. The summed E-state index contributed by atoms with van der Waals surface area (Å²) in [4.78, 5) is 29.4. The number of carbonyl (C=O) groups is 2. The summed E-state index contributed by atoms with van der Waals surface area (Å²) in [6.45, 7) is 4.22. The molecule has 2 aromatic heterocycles. The number of aryl methyl sites for hydroxylation is 1. The summed E-state index contributed by atoms with van der Waals surface area (Å²) < 4.78 is 5.34. The van der Waals surface area contributed by atoms with Crippen molar-refractivity contribution in [1.82, 2.24) is 15.8 Å². The van der Waals surface area contributed by atoms with Gasteiger partial charge in [0, 0.05) is 16.5 Å². The topological polar surface area (TPSA) is 80.3 Å². The van der Waals surface area contributed by atoms with Crippen molar-refractivity contribution in [3.8, 4) is 16.3 Å². The zero-order valence-corrected chi connectivity index (χ0v) is 15.9. The second-order valence-corrected chi connectivity index (χ2v) is 7.09. The number of rotatable bonds is 5. The minimum absolute atomic E-state index is 0.388. The maximum Gasteiger partial charge on any atom is 0.281 e.